The van der Waals surface area contributed by atoms with Crippen molar-refractivity contribution in [2.75, 3.05) is 18.4 Å². The lowest BCUT2D eigenvalue weighted by Gasteiger charge is -2.37. The lowest BCUT2D eigenvalue weighted by atomic mass is 9.95. The molecule has 2 aromatic heterocycles. The zero-order valence-corrected chi connectivity index (χ0v) is 18.5. The summed E-state index contributed by atoms with van der Waals surface area (Å²) in [6.07, 6.45) is 8.27. The summed E-state index contributed by atoms with van der Waals surface area (Å²) in [4.78, 5) is 17.8. The van der Waals surface area contributed by atoms with Crippen LogP contribution in [0.15, 0.2) is 30.6 Å². The number of likely N-dealkylation sites (tertiary alicyclic amines) is 1. The van der Waals surface area contributed by atoms with Gasteiger partial charge in [-0.15, -0.1) is 11.3 Å². The van der Waals surface area contributed by atoms with Gasteiger partial charge in [0.1, 0.15) is 22.8 Å². The number of halogens is 1. The smallest absolute Gasteiger partial charge is 0.311 e. The molecule has 0 amide bonds. The zero-order valence-electron chi connectivity index (χ0n) is 17.7. The molecule has 0 bridgehead atoms. The highest BCUT2D eigenvalue weighted by molar-refractivity contribution is 7.19. The molecule has 0 spiro atoms. The second-order valence-electron chi connectivity index (χ2n) is 8.66. The lowest BCUT2D eigenvalue weighted by molar-refractivity contribution is 0.110. The zero-order chi connectivity index (χ0) is 21.4. The van der Waals surface area contributed by atoms with Crippen molar-refractivity contribution in [3.05, 3.63) is 63.8 Å². The van der Waals surface area contributed by atoms with Crippen molar-refractivity contribution in [1.82, 2.24) is 14.9 Å². The summed E-state index contributed by atoms with van der Waals surface area (Å²) in [6, 6.07) is 6.75. The Kier molecular flexibility index (Phi) is 5.37. The van der Waals surface area contributed by atoms with Gasteiger partial charge in [-0.2, -0.15) is 0 Å². The van der Waals surface area contributed by atoms with Gasteiger partial charge in [0, 0.05) is 30.9 Å². The van der Waals surface area contributed by atoms with Gasteiger partial charge < -0.3 is 5.32 Å². The van der Waals surface area contributed by atoms with E-state index in [4.69, 9.17) is 6.57 Å². The van der Waals surface area contributed by atoms with Crippen molar-refractivity contribution in [1.29, 1.82) is 0 Å². The van der Waals surface area contributed by atoms with Gasteiger partial charge >= 0.3 is 5.66 Å². The fraction of sp³-hybridized carbons (Fsp3) is 0.458. The van der Waals surface area contributed by atoms with Crippen LogP contribution in [0.2, 0.25) is 0 Å². The van der Waals surface area contributed by atoms with Gasteiger partial charge in [0.2, 0.25) is 0 Å². The summed E-state index contributed by atoms with van der Waals surface area (Å²) in [5, 5.41) is 4.91. The Labute approximate surface area is 186 Å². The molecule has 3 aromatic rings. The van der Waals surface area contributed by atoms with Gasteiger partial charge in [0.05, 0.1) is 10.9 Å². The molecule has 3 heterocycles. The number of aryl methyl sites for hydroxylation is 2. The van der Waals surface area contributed by atoms with Gasteiger partial charge in [0.15, 0.2) is 0 Å². The van der Waals surface area contributed by atoms with E-state index in [2.05, 4.69) is 25.0 Å². The molecule has 1 aliphatic heterocycles. The predicted molar refractivity (Wildman–Crippen MR) is 123 cm³/mol. The number of aromatic nitrogens is 2. The maximum atomic E-state index is 13.8. The number of nitrogens with zero attached hydrogens (tertiary/aromatic N) is 4. The minimum absolute atomic E-state index is 0.296. The first kappa shape index (κ1) is 20.3. The van der Waals surface area contributed by atoms with Crippen molar-refractivity contribution in [2.45, 2.75) is 57.2 Å². The first-order valence-corrected chi connectivity index (χ1v) is 11.8. The highest BCUT2D eigenvalue weighted by Crippen LogP contribution is 2.39. The lowest BCUT2D eigenvalue weighted by Crippen LogP contribution is -2.48. The first-order chi connectivity index (χ1) is 15.1. The van der Waals surface area contributed by atoms with E-state index in [1.54, 1.807) is 12.4 Å². The van der Waals surface area contributed by atoms with E-state index in [0.717, 1.165) is 55.0 Å². The number of nitrogens with one attached hydrogen (secondary N) is 1. The standard InChI is InChI=1S/C24H26FN5S/c1-24(26-2,16-6-5-7-17(25)14-16)30-12-10-18(11-13-30)29-22-21-19-8-3-4-9-20(19)31-23(21)28-15-27-22/h5-7,14-15,18H,3-4,8-13H2,1H3,(H,27,28,29). The van der Waals surface area contributed by atoms with Crippen molar-refractivity contribution < 1.29 is 4.39 Å². The Morgan fingerprint density at radius 1 is 1.23 bits per heavy atom. The molecule has 1 N–H and O–H groups in total. The van der Waals surface area contributed by atoms with Gasteiger partial charge in [-0.05, 0) is 62.3 Å². The van der Waals surface area contributed by atoms with Crippen LogP contribution in [-0.4, -0.2) is 34.0 Å². The molecule has 1 atom stereocenters. The maximum absolute atomic E-state index is 13.8. The molecule has 0 radical (unpaired) electrons. The topological polar surface area (TPSA) is 45.4 Å². The molecule has 1 aliphatic carbocycles. The molecular formula is C24H26FN5S. The number of benzene rings is 1. The van der Waals surface area contributed by atoms with Gasteiger partial charge in [-0.25, -0.2) is 25.8 Å². The second-order valence-corrected chi connectivity index (χ2v) is 9.75. The van der Waals surface area contributed by atoms with Crippen LogP contribution >= 0.6 is 11.3 Å². The molecule has 1 saturated heterocycles. The Morgan fingerprint density at radius 3 is 2.81 bits per heavy atom. The Hall–Kier alpha value is -2.56. The van der Waals surface area contributed by atoms with Crippen molar-refractivity contribution >= 4 is 27.4 Å². The minimum atomic E-state index is -0.846. The third-order valence-electron chi connectivity index (χ3n) is 6.79. The van der Waals surface area contributed by atoms with Crippen LogP contribution in [-0.2, 0) is 18.5 Å². The summed E-state index contributed by atoms with van der Waals surface area (Å²) in [6.45, 7) is 11.3. The highest BCUT2D eigenvalue weighted by Gasteiger charge is 2.42. The van der Waals surface area contributed by atoms with E-state index in [1.807, 2.05) is 24.3 Å². The third-order valence-corrected chi connectivity index (χ3v) is 7.99. The van der Waals surface area contributed by atoms with E-state index < -0.39 is 5.66 Å². The van der Waals surface area contributed by atoms with E-state index in [-0.39, 0.29) is 5.82 Å². The van der Waals surface area contributed by atoms with Crippen LogP contribution in [0.5, 0.6) is 0 Å². The van der Waals surface area contributed by atoms with Crippen LogP contribution in [0.4, 0.5) is 10.2 Å². The predicted octanol–water partition coefficient (Wildman–Crippen LogP) is 5.38. The van der Waals surface area contributed by atoms with E-state index >= 15 is 0 Å². The monoisotopic (exact) mass is 435 g/mol. The van der Waals surface area contributed by atoms with Gasteiger partial charge in [-0.1, -0.05) is 6.07 Å². The third kappa shape index (κ3) is 3.68. The molecule has 1 aromatic carbocycles. The molecular weight excluding hydrogens is 409 g/mol. The molecule has 1 fully saturated rings. The van der Waals surface area contributed by atoms with E-state index in [1.165, 1.54) is 40.8 Å². The molecule has 5 rings (SSSR count). The van der Waals surface area contributed by atoms with Gasteiger partial charge in [0.25, 0.3) is 0 Å². The molecule has 0 saturated carbocycles. The van der Waals surface area contributed by atoms with Crippen LogP contribution < -0.4 is 5.32 Å². The van der Waals surface area contributed by atoms with Crippen LogP contribution in [0.3, 0.4) is 0 Å². The Bertz CT molecular complexity index is 1140. The average molecular weight is 436 g/mol. The van der Waals surface area contributed by atoms with Crippen molar-refractivity contribution in [2.24, 2.45) is 0 Å². The number of hydrogen-bond acceptors (Lipinski definition) is 5. The minimum Gasteiger partial charge on any atom is -0.367 e. The molecule has 1 unspecified atom stereocenters. The largest absolute Gasteiger partial charge is 0.367 e. The van der Waals surface area contributed by atoms with Crippen molar-refractivity contribution in [3.8, 4) is 0 Å². The molecule has 7 heteroatoms. The fourth-order valence-electron chi connectivity index (χ4n) is 4.95. The average Bonchev–Trinajstić information content (AvgIpc) is 3.19. The number of rotatable bonds is 4. The van der Waals surface area contributed by atoms with Gasteiger partial charge in [-0.3, -0.25) is 4.85 Å². The van der Waals surface area contributed by atoms with E-state index in [9.17, 15) is 4.39 Å². The molecule has 160 valence electrons. The highest BCUT2D eigenvalue weighted by atomic mass is 32.1. The number of anilines is 1. The van der Waals surface area contributed by atoms with Crippen LogP contribution in [0.1, 0.15) is 48.6 Å². The number of hydrogen-bond donors (Lipinski definition) is 1. The maximum Gasteiger partial charge on any atom is 0.311 e. The summed E-state index contributed by atoms with van der Waals surface area (Å²) >= 11 is 1.82. The number of fused-ring (bicyclic) bond motifs is 3. The molecule has 31 heavy (non-hydrogen) atoms. The fourth-order valence-corrected chi connectivity index (χ4v) is 6.18. The SMILES string of the molecule is [C-]#[N+]C(C)(c1cccc(F)c1)N1CCC(Nc2ncnc3sc4c(c23)CCCC4)CC1. The summed E-state index contributed by atoms with van der Waals surface area (Å²) in [5.41, 5.74) is 1.32. The first-order valence-electron chi connectivity index (χ1n) is 11.0. The Morgan fingerprint density at radius 2 is 2.03 bits per heavy atom. The summed E-state index contributed by atoms with van der Waals surface area (Å²) in [7, 11) is 0. The molecule has 2 aliphatic rings. The summed E-state index contributed by atoms with van der Waals surface area (Å²) < 4.78 is 13.8. The van der Waals surface area contributed by atoms with Crippen LogP contribution in [0.25, 0.3) is 15.1 Å². The normalized spacial score (nSPS) is 19.5. The number of thiophene rings is 1. The quantitative estimate of drug-likeness (QED) is 0.559. The van der Waals surface area contributed by atoms with E-state index in [0.29, 0.717) is 6.04 Å². The Balaban J connectivity index is 1.33. The summed E-state index contributed by atoms with van der Waals surface area (Å²) in [5.74, 6) is 0.664. The molecule has 5 nitrogen and oxygen atoms in total. The number of piperidine rings is 1. The second kappa shape index (κ2) is 8.18. The van der Waals surface area contributed by atoms with Crippen LogP contribution in [0, 0.1) is 12.4 Å². The van der Waals surface area contributed by atoms with Crippen molar-refractivity contribution in [3.63, 3.8) is 0 Å².